The highest BCUT2D eigenvalue weighted by molar-refractivity contribution is 9.12. The van der Waals surface area contributed by atoms with Crippen LogP contribution in [0.3, 0.4) is 0 Å². The van der Waals surface area contributed by atoms with Gasteiger partial charge in [0.2, 0.25) is 0 Å². The summed E-state index contributed by atoms with van der Waals surface area (Å²) in [6.07, 6.45) is 0. The molecule has 0 aliphatic heterocycles. The van der Waals surface area contributed by atoms with E-state index in [0.717, 1.165) is 10.7 Å². The maximum Gasteiger partial charge on any atom is 0.310 e. The number of rotatable bonds is 5. The summed E-state index contributed by atoms with van der Waals surface area (Å²) >= 11 is 9.43. The summed E-state index contributed by atoms with van der Waals surface area (Å²) in [5.41, 5.74) is -0.0304. The van der Waals surface area contributed by atoms with E-state index in [9.17, 15) is 20.2 Å². The maximum atomic E-state index is 10.4. The van der Waals surface area contributed by atoms with Gasteiger partial charge in [-0.05, 0) is 28.1 Å². The van der Waals surface area contributed by atoms with Crippen LogP contribution in [0, 0.1) is 20.2 Å². The van der Waals surface area contributed by atoms with Crippen LogP contribution in [0.25, 0.3) is 0 Å². The van der Waals surface area contributed by atoms with Crippen LogP contribution in [0.1, 0.15) is 0 Å². The first-order valence-corrected chi connectivity index (χ1v) is 10.2. The van der Waals surface area contributed by atoms with E-state index in [-0.39, 0.29) is 28.4 Å². The average molecular weight is 559 g/mol. The molecule has 0 radical (unpaired) electrons. The van der Waals surface area contributed by atoms with Crippen molar-refractivity contribution in [1.29, 1.82) is 0 Å². The Balaban J connectivity index is 0.000000405. The summed E-state index contributed by atoms with van der Waals surface area (Å²) in [4.78, 5) is 19.4. The standard InChI is InChI=1S/C7H6BrNO3.C6H5NO3.C2H4Br2/c8-5-12-7-4-2-1-3-6(7)9(10)11;8-6-4-2-1-3-5(6)7(9)10;3-1-2-4/h1-4H,5H2;1-4,8H;1-2H2. The quantitative estimate of drug-likeness (QED) is 0.298. The number of nitro groups is 2. The highest BCUT2D eigenvalue weighted by Crippen LogP contribution is 2.26. The van der Waals surface area contributed by atoms with Gasteiger partial charge in [-0.15, -0.1) is 0 Å². The lowest BCUT2D eigenvalue weighted by molar-refractivity contribution is -0.386. The second-order valence-electron chi connectivity index (χ2n) is 4.10. The lowest BCUT2D eigenvalue weighted by Gasteiger charge is -2.01. The highest BCUT2D eigenvalue weighted by atomic mass is 79.9. The zero-order chi connectivity index (χ0) is 19.9. The van der Waals surface area contributed by atoms with E-state index in [2.05, 4.69) is 47.8 Å². The van der Waals surface area contributed by atoms with Crippen molar-refractivity contribution in [2.75, 3.05) is 16.2 Å². The van der Waals surface area contributed by atoms with E-state index < -0.39 is 9.85 Å². The molecule has 0 saturated carbocycles. The minimum Gasteiger partial charge on any atom is -0.502 e. The second-order valence-corrected chi connectivity index (χ2v) is 6.15. The molecule has 2 aromatic rings. The van der Waals surface area contributed by atoms with Crippen molar-refractivity contribution in [2.45, 2.75) is 0 Å². The number of hydrogen-bond acceptors (Lipinski definition) is 6. The number of ether oxygens (including phenoxy) is 1. The number of aromatic hydroxyl groups is 1. The number of nitrogens with zero attached hydrogens (tertiary/aromatic N) is 2. The summed E-state index contributed by atoms with van der Waals surface area (Å²) < 4.78 is 4.97. The normalized spacial score (nSPS) is 9.04. The minimum atomic E-state index is -0.630. The van der Waals surface area contributed by atoms with Gasteiger partial charge in [-0.2, -0.15) is 0 Å². The molecule has 0 heterocycles. The zero-order valence-electron chi connectivity index (χ0n) is 13.3. The summed E-state index contributed by atoms with van der Waals surface area (Å²) in [7, 11) is 0. The summed E-state index contributed by atoms with van der Waals surface area (Å²) in [5.74, 6) is -0.0214. The Labute approximate surface area is 174 Å². The van der Waals surface area contributed by atoms with Crippen molar-refractivity contribution < 1.29 is 19.7 Å². The van der Waals surface area contributed by atoms with Crippen LogP contribution in [-0.2, 0) is 0 Å². The third-order valence-corrected chi connectivity index (χ3v) is 4.51. The predicted molar refractivity (Wildman–Crippen MR) is 110 cm³/mol. The third kappa shape index (κ3) is 9.68. The topological polar surface area (TPSA) is 116 Å². The monoisotopic (exact) mass is 556 g/mol. The number of halogens is 3. The second kappa shape index (κ2) is 14.4. The largest absolute Gasteiger partial charge is 0.502 e. The van der Waals surface area contributed by atoms with Gasteiger partial charge in [0, 0.05) is 22.8 Å². The van der Waals surface area contributed by atoms with Crippen LogP contribution in [0.4, 0.5) is 11.4 Å². The third-order valence-electron chi connectivity index (χ3n) is 2.42. The van der Waals surface area contributed by atoms with Gasteiger partial charge in [-0.3, -0.25) is 20.2 Å². The van der Waals surface area contributed by atoms with Gasteiger partial charge in [0.25, 0.3) is 0 Å². The molecule has 8 nitrogen and oxygen atoms in total. The molecule has 142 valence electrons. The first kappa shape index (κ1) is 24.3. The summed E-state index contributed by atoms with van der Waals surface area (Å²) in [6, 6.07) is 11.8. The molecule has 0 amide bonds. The van der Waals surface area contributed by atoms with Crippen LogP contribution in [-0.4, -0.2) is 31.1 Å². The van der Waals surface area contributed by atoms with E-state index >= 15 is 0 Å². The molecule has 0 atom stereocenters. The molecule has 0 spiro atoms. The van der Waals surface area contributed by atoms with Crippen molar-refractivity contribution in [1.82, 2.24) is 0 Å². The molecule has 0 fully saturated rings. The highest BCUT2D eigenvalue weighted by Gasteiger charge is 2.12. The molecule has 0 aliphatic carbocycles. The molecule has 0 aromatic heterocycles. The van der Waals surface area contributed by atoms with Crippen LogP contribution < -0.4 is 4.74 Å². The molecule has 0 unspecified atom stereocenters. The fourth-order valence-electron chi connectivity index (χ4n) is 1.41. The van der Waals surface area contributed by atoms with Crippen LogP contribution in [0.5, 0.6) is 11.5 Å². The first-order valence-electron chi connectivity index (χ1n) is 6.85. The van der Waals surface area contributed by atoms with Crippen molar-refractivity contribution in [2.24, 2.45) is 0 Å². The molecular weight excluding hydrogens is 544 g/mol. The Bertz CT molecular complexity index is 701. The Morgan fingerprint density at radius 2 is 1.31 bits per heavy atom. The predicted octanol–water partition coefficient (Wildman–Crippen LogP) is 5.40. The van der Waals surface area contributed by atoms with E-state index in [1.165, 1.54) is 30.3 Å². The molecule has 26 heavy (non-hydrogen) atoms. The SMILES string of the molecule is BrCCBr.O=[N+]([O-])c1ccccc1O.O=[N+]([O-])c1ccccc1OCBr. The fourth-order valence-corrected chi connectivity index (χ4v) is 1.65. The van der Waals surface area contributed by atoms with E-state index in [1.54, 1.807) is 18.2 Å². The number of hydrogen-bond donors (Lipinski definition) is 1. The van der Waals surface area contributed by atoms with Gasteiger partial charge in [0.05, 0.1) is 9.85 Å². The minimum absolute atomic E-state index is 0.0167. The van der Waals surface area contributed by atoms with Gasteiger partial charge < -0.3 is 9.84 Å². The van der Waals surface area contributed by atoms with Gasteiger partial charge in [0.1, 0.15) is 5.52 Å². The molecule has 2 rings (SSSR count). The van der Waals surface area contributed by atoms with Crippen molar-refractivity contribution in [3.63, 3.8) is 0 Å². The first-order chi connectivity index (χ1) is 12.4. The Hall–Kier alpha value is -1.72. The number of phenols is 1. The Kier molecular flexibility index (Phi) is 13.5. The van der Waals surface area contributed by atoms with Crippen LogP contribution in [0.15, 0.2) is 48.5 Å². The zero-order valence-corrected chi connectivity index (χ0v) is 18.0. The maximum absolute atomic E-state index is 10.4. The molecule has 2 aromatic carbocycles. The van der Waals surface area contributed by atoms with Gasteiger partial charge in [-0.1, -0.05) is 56.1 Å². The molecule has 11 heteroatoms. The summed E-state index contributed by atoms with van der Waals surface area (Å²) in [6.45, 7) is 0. The number of nitro benzene ring substituents is 2. The number of alkyl halides is 3. The molecule has 1 N–H and O–H groups in total. The van der Waals surface area contributed by atoms with Gasteiger partial charge >= 0.3 is 11.4 Å². The molecule has 0 bridgehead atoms. The Morgan fingerprint density at radius 1 is 0.846 bits per heavy atom. The summed E-state index contributed by atoms with van der Waals surface area (Å²) in [5, 5.41) is 31.4. The smallest absolute Gasteiger partial charge is 0.310 e. The lowest BCUT2D eigenvalue weighted by Crippen LogP contribution is -1.94. The van der Waals surface area contributed by atoms with Gasteiger partial charge in [0.15, 0.2) is 11.5 Å². The fraction of sp³-hybridized carbons (Fsp3) is 0.200. The number of phenolic OH excluding ortho intramolecular Hbond substituents is 1. The van der Waals surface area contributed by atoms with Crippen molar-refractivity contribution in [3.8, 4) is 11.5 Å². The van der Waals surface area contributed by atoms with E-state index in [0.29, 0.717) is 0 Å². The molecule has 0 saturated heterocycles. The molecular formula is C15H15Br3N2O6. The average Bonchev–Trinajstić information content (AvgIpc) is 2.63. The van der Waals surface area contributed by atoms with Crippen molar-refractivity contribution in [3.05, 3.63) is 68.8 Å². The van der Waals surface area contributed by atoms with Crippen LogP contribution >= 0.6 is 47.8 Å². The lowest BCUT2D eigenvalue weighted by atomic mass is 10.3. The Morgan fingerprint density at radius 3 is 1.69 bits per heavy atom. The van der Waals surface area contributed by atoms with E-state index in [4.69, 9.17) is 9.84 Å². The van der Waals surface area contributed by atoms with Crippen molar-refractivity contribution >= 4 is 59.2 Å². The number of benzene rings is 2. The van der Waals surface area contributed by atoms with Crippen LogP contribution in [0.2, 0.25) is 0 Å². The van der Waals surface area contributed by atoms with E-state index in [1.807, 2.05) is 0 Å². The molecule has 0 aliphatic rings. The number of para-hydroxylation sites is 4. The van der Waals surface area contributed by atoms with Gasteiger partial charge in [-0.25, -0.2) is 0 Å².